The molecule has 0 aliphatic heterocycles. The van der Waals surface area contributed by atoms with Gasteiger partial charge in [0.05, 0.1) is 15.6 Å². The van der Waals surface area contributed by atoms with E-state index in [9.17, 15) is 4.79 Å². The molecule has 0 fully saturated rings. The minimum Gasteiger partial charge on any atom is -0.478 e. The number of rotatable bonds is 2. The topological polar surface area (TPSA) is 37.3 Å². The number of hydrogen-bond donors (Lipinski definition) is 1. The molecule has 2 nitrogen and oxygen atoms in total. The molecular weight excluding hydrogens is 231 g/mol. The van der Waals surface area contributed by atoms with Gasteiger partial charge in [0.2, 0.25) is 0 Å². The highest BCUT2D eigenvalue weighted by Crippen LogP contribution is 2.34. The summed E-state index contributed by atoms with van der Waals surface area (Å²) in [5.41, 5.74) is 0.182. The summed E-state index contributed by atoms with van der Waals surface area (Å²) >= 11 is 12.8. The van der Waals surface area contributed by atoms with Gasteiger partial charge in [-0.2, -0.15) is 0 Å². The fourth-order valence-corrected chi connectivity index (χ4v) is 2.17. The molecule has 0 bridgehead atoms. The maximum atomic E-state index is 10.7. The lowest BCUT2D eigenvalue weighted by Gasteiger charge is -2.06. The van der Waals surface area contributed by atoms with Crippen molar-refractivity contribution in [2.45, 2.75) is 4.90 Å². The maximum Gasteiger partial charge on any atom is 0.336 e. The molecule has 0 amide bonds. The monoisotopic (exact) mass is 236 g/mol. The highest BCUT2D eigenvalue weighted by molar-refractivity contribution is 7.98. The van der Waals surface area contributed by atoms with E-state index in [1.54, 1.807) is 6.26 Å². The third-order valence-corrected chi connectivity index (χ3v) is 3.23. The van der Waals surface area contributed by atoms with Crippen LogP contribution in [0, 0.1) is 0 Å². The standard InChI is InChI=1S/C8H6Cl2O2S/c1-13-7-4(8(11)12)2-3-5(9)6(7)10/h2-3H,1H3,(H,11,12). The van der Waals surface area contributed by atoms with Gasteiger partial charge in [0.25, 0.3) is 0 Å². The van der Waals surface area contributed by atoms with Crippen LogP contribution in [0.25, 0.3) is 0 Å². The average molecular weight is 237 g/mol. The summed E-state index contributed by atoms with van der Waals surface area (Å²) in [6.07, 6.45) is 1.75. The van der Waals surface area contributed by atoms with E-state index in [0.29, 0.717) is 14.9 Å². The van der Waals surface area contributed by atoms with Gasteiger partial charge in [0, 0.05) is 4.90 Å². The molecule has 70 valence electrons. The molecule has 1 N–H and O–H groups in total. The number of carbonyl (C=O) groups is 1. The van der Waals surface area contributed by atoms with E-state index in [2.05, 4.69) is 0 Å². The number of aromatic carboxylic acids is 1. The molecule has 0 saturated carbocycles. The number of hydrogen-bond acceptors (Lipinski definition) is 2. The van der Waals surface area contributed by atoms with Gasteiger partial charge in [-0.15, -0.1) is 11.8 Å². The first-order valence-electron chi connectivity index (χ1n) is 3.33. The molecule has 0 unspecified atom stereocenters. The molecule has 0 aliphatic carbocycles. The third kappa shape index (κ3) is 2.10. The van der Waals surface area contributed by atoms with Gasteiger partial charge in [-0.05, 0) is 18.4 Å². The average Bonchev–Trinajstić information content (AvgIpc) is 2.09. The number of halogens is 2. The molecule has 0 saturated heterocycles. The molecule has 0 atom stereocenters. The number of thioether (sulfide) groups is 1. The summed E-state index contributed by atoms with van der Waals surface area (Å²) in [7, 11) is 0. The Balaban J connectivity index is 3.38. The SMILES string of the molecule is CSc1c(C(=O)O)ccc(Cl)c1Cl. The smallest absolute Gasteiger partial charge is 0.336 e. The van der Waals surface area contributed by atoms with Crippen LogP contribution < -0.4 is 0 Å². The van der Waals surface area contributed by atoms with Crippen molar-refractivity contribution >= 4 is 40.9 Å². The highest BCUT2D eigenvalue weighted by atomic mass is 35.5. The zero-order valence-electron chi connectivity index (χ0n) is 6.67. The lowest BCUT2D eigenvalue weighted by atomic mass is 10.2. The summed E-state index contributed by atoms with van der Waals surface area (Å²) < 4.78 is 0. The molecule has 0 spiro atoms. The number of carboxylic acids is 1. The Bertz CT molecular complexity index is 352. The minimum absolute atomic E-state index is 0.182. The van der Waals surface area contributed by atoms with Crippen molar-refractivity contribution in [2.24, 2.45) is 0 Å². The molecule has 13 heavy (non-hydrogen) atoms. The highest BCUT2D eigenvalue weighted by Gasteiger charge is 2.14. The fraction of sp³-hybridized carbons (Fsp3) is 0.125. The van der Waals surface area contributed by atoms with Gasteiger partial charge in [-0.25, -0.2) is 4.79 Å². The lowest BCUT2D eigenvalue weighted by molar-refractivity contribution is 0.0693. The Labute approximate surface area is 89.8 Å². The normalized spacial score (nSPS) is 10.1. The summed E-state index contributed by atoms with van der Waals surface area (Å²) in [6.45, 7) is 0. The van der Waals surface area contributed by atoms with Gasteiger partial charge in [0.15, 0.2) is 0 Å². The van der Waals surface area contributed by atoms with Crippen molar-refractivity contribution in [3.8, 4) is 0 Å². The zero-order chi connectivity index (χ0) is 10.0. The van der Waals surface area contributed by atoms with Gasteiger partial charge in [-0.3, -0.25) is 0 Å². The lowest BCUT2D eigenvalue weighted by Crippen LogP contribution is -1.99. The Morgan fingerprint density at radius 3 is 2.54 bits per heavy atom. The van der Waals surface area contributed by atoms with Crippen molar-refractivity contribution in [1.82, 2.24) is 0 Å². The molecule has 1 rings (SSSR count). The van der Waals surface area contributed by atoms with Crippen molar-refractivity contribution in [2.75, 3.05) is 6.26 Å². The minimum atomic E-state index is -0.997. The zero-order valence-corrected chi connectivity index (χ0v) is 9.00. The van der Waals surface area contributed by atoms with Crippen LogP contribution in [0.3, 0.4) is 0 Å². The van der Waals surface area contributed by atoms with Crippen molar-refractivity contribution < 1.29 is 9.90 Å². The van der Waals surface area contributed by atoms with Crippen LogP contribution in [0.2, 0.25) is 10.0 Å². The fourth-order valence-electron chi connectivity index (χ4n) is 0.900. The van der Waals surface area contributed by atoms with E-state index in [0.717, 1.165) is 0 Å². The quantitative estimate of drug-likeness (QED) is 0.801. The van der Waals surface area contributed by atoms with Crippen LogP contribution in [0.4, 0.5) is 0 Å². The van der Waals surface area contributed by atoms with Crippen LogP contribution in [-0.2, 0) is 0 Å². The summed E-state index contributed by atoms with van der Waals surface area (Å²) in [5.74, 6) is -0.997. The van der Waals surface area contributed by atoms with Gasteiger partial charge in [0.1, 0.15) is 0 Å². The molecule has 1 aromatic carbocycles. The van der Waals surface area contributed by atoms with Crippen molar-refractivity contribution in [3.63, 3.8) is 0 Å². The molecular formula is C8H6Cl2O2S. The predicted molar refractivity (Wildman–Crippen MR) is 55.2 cm³/mol. The predicted octanol–water partition coefficient (Wildman–Crippen LogP) is 3.41. The Hall–Kier alpha value is -0.380. The van der Waals surface area contributed by atoms with Crippen LogP contribution in [0.15, 0.2) is 17.0 Å². The second-order valence-corrected chi connectivity index (χ2v) is 3.85. The number of benzene rings is 1. The Morgan fingerprint density at radius 1 is 1.46 bits per heavy atom. The third-order valence-electron chi connectivity index (χ3n) is 1.48. The molecule has 0 aromatic heterocycles. The van der Waals surface area contributed by atoms with Crippen LogP contribution in [0.1, 0.15) is 10.4 Å². The second-order valence-electron chi connectivity index (χ2n) is 2.25. The second kappa shape index (κ2) is 4.22. The maximum absolute atomic E-state index is 10.7. The van der Waals surface area contributed by atoms with E-state index in [4.69, 9.17) is 28.3 Å². The van der Waals surface area contributed by atoms with E-state index in [1.807, 2.05) is 0 Å². The van der Waals surface area contributed by atoms with Crippen molar-refractivity contribution in [3.05, 3.63) is 27.7 Å². The molecule has 1 aromatic rings. The summed E-state index contributed by atoms with van der Waals surface area (Å²) in [6, 6.07) is 2.93. The Kier molecular flexibility index (Phi) is 3.47. The van der Waals surface area contributed by atoms with Gasteiger partial charge < -0.3 is 5.11 Å². The first-order chi connectivity index (χ1) is 6.07. The largest absolute Gasteiger partial charge is 0.478 e. The van der Waals surface area contributed by atoms with Crippen LogP contribution in [0.5, 0.6) is 0 Å². The van der Waals surface area contributed by atoms with E-state index < -0.39 is 5.97 Å². The summed E-state index contributed by atoms with van der Waals surface area (Å²) in [5, 5.41) is 9.47. The Morgan fingerprint density at radius 2 is 2.08 bits per heavy atom. The van der Waals surface area contributed by atoms with E-state index >= 15 is 0 Å². The molecule has 0 heterocycles. The van der Waals surface area contributed by atoms with Crippen molar-refractivity contribution in [1.29, 1.82) is 0 Å². The van der Waals surface area contributed by atoms with Gasteiger partial charge in [-0.1, -0.05) is 23.2 Å². The molecule has 0 radical (unpaired) electrons. The van der Waals surface area contributed by atoms with Gasteiger partial charge >= 0.3 is 5.97 Å². The molecule has 0 aliphatic rings. The molecule has 5 heteroatoms. The van der Waals surface area contributed by atoms with E-state index in [-0.39, 0.29) is 5.56 Å². The first-order valence-corrected chi connectivity index (χ1v) is 5.31. The first kappa shape index (κ1) is 10.7. The van der Waals surface area contributed by atoms with Crippen LogP contribution >= 0.6 is 35.0 Å². The van der Waals surface area contributed by atoms with E-state index in [1.165, 1.54) is 23.9 Å². The number of carboxylic acid groups (broad SMARTS) is 1. The van der Waals surface area contributed by atoms with Crippen LogP contribution in [-0.4, -0.2) is 17.3 Å². The summed E-state index contributed by atoms with van der Waals surface area (Å²) in [4.78, 5) is 11.2.